The molecule has 288 valence electrons. The molecule has 0 saturated heterocycles. The monoisotopic (exact) mass is 788 g/mol. The van der Waals surface area contributed by atoms with Gasteiger partial charge in [-0.15, -0.1) is 0 Å². The fourth-order valence-electron chi connectivity index (χ4n) is 7.50. The average Bonchev–Trinajstić information content (AvgIpc) is 4.09. The van der Waals surface area contributed by atoms with Crippen LogP contribution in [0.4, 0.5) is 0 Å². The lowest BCUT2D eigenvalue weighted by atomic mass is 9.96. The lowest BCUT2D eigenvalue weighted by Crippen LogP contribution is -2.05. The molecule has 5 aliphatic rings. The molecule has 0 aliphatic carbocycles. The third-order valence-corrected chi connectivity index (χ3v) is 10.2. The maximum atomic E-state index is 12.2. The fraction of sp³-hybridized carbons (Fsp3) is 0. The molecule has 8 bridgehead atoms. The van der Waals surface area contributed by atoms with Crippen LogP contribution in [0.5, 0.6) is 0 Å². The highest BCUT2D eigenvalue weighted by Gasteiger charge is 2.28. The van der Waals surface area contributed by atoms with Crippen LogP contribution in [0.25, 0.3) is 22.3 Å². The number of hydrogen-bond donors (Lipinski definition) is 4. The number of rotatable bonds is 8. The zero-order valence-electron chi connectivity index (χ0n) is 31.1. The number of carbonyl (C=O) groups is 4. The standard InChI is InChI=1S/C48H28N4O8/c53-45(54)29-9-1-5-25(21-29)41-33-13-15-35(49-33)42(26-6-2-10-30(22-26)46(55)56)37-17-19-39(51-37)44(28-8-4-12-32(24-28)48(59)60)40-20-18-38(52-40)43(36-16-14-34(41)50-36)27-7-3-11-31(23-27)47(57)58/h1-24H,(H,53,54)(H,55,56)(H,57,58)(H,59,60). The fourth-order valence-corrected chi connectivity index (χ4v) is 7.50. The van der Waals surface area contributed by atoms with Crippen LogP contribution in [-0.2, 0) is 0 Å². The van der Waals surface area contributed by atoms with Crippen molar-refractivity contribution in [3.05, 3.63) is 213 Å². The van der Waals surface area contributed by atoms with Gasteiger partial charge >= 0.3 is 23.9 Å². The van der Waals surface area contributed by atoms with E-state index in [9.17, 15) is 39.6 Å². The number of hydrogen-bond acceptors (Lipinski definition) is 8. The van der Waals surface area contributed by atoms with Gasteiger partial charge < -0.3 is 20.4 Å². The topological polar surface area (TPSA) is 199 Å². The Kier molecular flexibility index (Phi) is 9.06. The summed E-state index contributed by atoms with van der Waals surface area (Å²) in [6.45, 7) is 0. The third kappa shape index (κ3) is 6.69. The molecule has 0 spiro atoms. The number of carboxylic acids is 4. The minimum absolute atomic E-state index is 0.0455. The van der Waals surface area contributed by atoms with E-state index < -0.39 is 23.9 Å². The summed E-state index contributed by atoms with van der Waals surface area (Å²) >= 11 is 0. The molecule has 4 aromatic carbocycles. The SMILES string of the molecule is O=C(O)c1cccc(C2=C3C=CC(=N3)C(c3cccc(C(=O)O)c3)=C3C=CC(=N3)C(c3cccc(C(=O)O)c3)=C3C=CC(=N3)C(c3cccc(C(=O)O)c3)=C3C=CC2=N3)c1. The zero-order valence-corrected chi connectivity index (χ0v) is 31.1. The highest BCUT2D eigenvalue weighted by molar-refractivity contribution is 6.39. The minimum atomic E-state index is -1.12. The summed E-state index contributed by atoms with van der Waals surface area (Å²) in [6, 6.07) is 25.7. The van der Waals surface area contributed by atoms with Crippen LogP contribution >= 0.6 is 0 Å². The van der Waals surface area contributed by atoms with Crippen molar-refractivity contribution in [1.29, 1.82) is 0 Å². The molecule has 12 nitrogen and oxygen atoms in total. The first-order valence-corrected chi connectivity index (χ1v) is 18.4. The van der Waals surface area contributed by atoms with E-state index in [0.29, 0.717) is 90.2 Å². The van der Waals surface area contributed by atoms with Crippen LogP contribution in [0.2, 0.25) is 0 Å². The Labute approximate surface area is 340 Å². The lowest BCUT2D eigenvalue weighted by molar-refractivity contribution is 0.0686. The Bertz CT molecular complexity index is 2670. The second-order valence-corrected chi connectivity index (χ2v) is 13.9. The van der Waals surface area contributed by atoms with Crippen LogP contribution in [0, 0.1) is 0 Å². The van der Waals surface area contributed by atoms with Gasteiger partial charge in [0, 0.05) is 22.3 Å². The molecule has 0 unspecified atom stereocenters. The first-order chi connectivity index (χ1) is 29.0. The number of allylic oxidation sites excluding steroid dienone is 12. The number of fused-ring (bicyclic) bond motifs is 4. The highest BCUT2D eigenvalue weighted by atomic mass is 16.4. The van der Waals surface area contributed by atoms with Crippen molar-refractivity contribution in [3.63, 3.8) is 0 Å². The summed E-state index contributed by atoms with van der Waals surface area (Å²) < 4.78 is 0. The van der Waals surface area contributed by atoms with Crippen molar-refractivity contribution < 1.29 is 39.6 Å². The summed E-state index contributed by atoms with van der Waals surface area (Å²) in [5.41, 5.74) is 7.71. The minimum Gasteiger partial charge on any atom is -0.478 e. The van der Waals surface area contributed by atoms with Crippen molar-refractivity contribution in [2.24, 2.45) is 20.0 Å². The van der Waals surface area contributed by atoms with Crippen molar-refractivity contribution >= 4 is 69.0 Å². The van der Waals surface area contributed by atoms with Crippen molar-refractivity contribution in [1.82, 2.24) is 0 Å². The van der Waals surface area contributed by atoms with E-state index >= 15 is 0 Å². The lowest BCUT2D eigenvalue weighted by Gasteiger charge is -2.13. The number of aromatic carboxylic acids is 4. The van der Waals surface area contributed by atoms with Gasteiger partial charge in [0.2, 0.25) is 0 Å². The second-order valence-electron chi connectivity index (χ2n) is 13.9. The number of benzene rings is 4. The molecule has 0 fully saturated rings. The maximum absolute atomic E-state index is 12.2. The highest BCUT2D eigenvalue weighted by Crippen LogP contribution is 2.39. The molecule has 5 heterocycles. The first kappa shape index (κ1) is 37.0. The molecule has 0 radical (unpaired) electrons. The average molecular weight is 789 g/mol. The summed E-state index contributed by atoms with van der Waals surface area (Å²) in [6.07, 6.45) is 14.2. The molecular weight excluding hydrogens is 761 g/mol. The Morgan fingerprint density at radius 2 is 0.533 bits per heavy atom. The zero-order chi connectivity index (χ0) is 41.7. The maximum Gasteiger partial charge on any atom is 0.335 e. The third-order valence-electron chi connectivity index (χ3n) is 10.2. The predicted molar refractivity (Wildman–Crippen MR) is 228 cm³/mol. The number of aliphatic imine (C=N–C) groups is 4. The molecule has 0 amide bonds. The summed E-state index contributed by atoms with van der Waals surface area (Å²) in [5, 5.41) is 39.8. The smallest absolute Gasteiger partial charge is 0.335 e. The van der Waals surface area contributed by atoms with Crippen LogP contribution in [0.15, 0.2) is 188 Å². The van der Waals surface area contributed by atoms with Gasteiger partial charge in [0.15, 0.2) is 0 Å². The Morgan fingerprint density at radius 3 is 0.733 bits per heavy atom. The Balaban J connectivity index is 1.39. The Morgan fingerprint density at radius 1 is 0.317 bits per heavy atom. The van der Waals surface area contributed by atoms with Crippen LogP contribution in [0.3, 0.4) is 0 Å². The van der Waals surface area contributed by atoms with Crippen LogP contribution < -0.4 is 0 Å². The molecule has 60 heavy (non-hydrogen) atoms. The molecule has 0 saturated carbocycles. The normalized spacial score (nSPS) is 16.4. The molecule has 4 N–H and O–H groups in total. The van der Waals surface area contributed by atoms with Crippen molar-refractivity contribution in [2.75, 3.05) is 0 Å². The molecule has 0 aromatic heterocycles. The number of nitrogens with zero attached hydrogens (tertiary/aromatic N) is 4. The van der Waals surface area contributed by atoms with Crippen LogP contribution in [-0.4, -0.2) is 67.2 Å². The molecule has 5 aliphatic heterocycles. The van der Waals surface area contributed by atoms with Gasteiger partial charge in [-0.25, -0.2) is 39.1 Å². The predicted octanol–water partition coefficient (Wildman–Crippen LogP) is 8.48. The molecular formula is C48H28N4O8. The first-order valence-electron chi connectivity index (χ1n) is 18.4. The molecule has 0 atom stereocenters. The van der Waals surface area contributed by atoms with Crippen LogP contribution in [0.1, 0.15) is 63.7 Å². The van der Waals surface area contributed by atoms with Gasteiger partial charge in [-0.05, 0) is 119 Å². The van der Waals surface area contributed by atoms with E-state index in [0.717, 1.165) is 0 Å². The number of carboxylic acid groups (broad SMARTS) is 4. The molecule has 4 aromatic rings. The quantitative estimate of drug-likeness (QED) is 0.136. The van der Waals surface area contributed by atoms with Gasteiger partial charge in [0.05, 0.1) is 67.9 Å². The van der Waals surface area contributed by atoms with E-state index in [1.807, 2.05) is 0 Å². The summed E-state index contributed by atoms with van der Waals surface area (Å²) in [4.78, 5) is 69.1. The second kappa shape index (κ2) is 14.7. The van der Waals surface area contributed by atoms with Gasteiger partial charge in [0.1, 0.15) is 0 Å². The van der Waals surface area contributed by atoms with Gasteiger partial charge in [-0.1, -0.05) is 48.5 Å². The van der Waals surface area contributed by atoms with E-state index in [1.165, 1.54) is 48.5 Å². The van der Waals surface area contributed by atoms with E-state index in [2.05, 4.69) is 0 Å². The van der Waals surface area contributed by atoms with E-state index in [4.69, 9.17) is 20.0 Å². The van der Waals surface area contributed by atoms with E-state index in [1.54, 1.807) is 97.1 Å². The molecule has 9 rings (SSSR count). The summed E-state index contributed by atoms with van der Waals surface area (Å²) in [7, 11) is 0. The van der Waals surface area contributed by atoms with Crippen molar-refractivity contribution in [2.45, 2.75) is 0 Å². The summed E-state index contributed by atoms with van der Waals surface area (Å²) in [5.74, 6) is -4.49. The Hall–Kier alpha value is -8.64. The van der Waals surface area contributed by atoms with E-state index in [-0.39, 0.29) is 22.3 Å². The van der Waals surface area contributed by atoms with Gasteiger partial charge in [0.25, 0.3) is 0 Å². The largest absolute Gasteiger partial charge is 0.478 e. The molecule has 12 heteroatoms. The van der Waals surface area contributed by atoms with Gasteiger partial charge in [-0.2, -0.15) is 0 Å². The van der Waals surface area contributed by atoms with Crippen molar-refractivity contribution in [3.8, 4) is 0 Å². The van der Waals surface area contributed by atoms with Gasteiger partial charge in [-0.3, -0.25) is 0 Å².